The maximum absolute atomic E-state index is 11.1. The van der Waals surface area contributed by atoms with Gasteiger partial charge in [-0.05, 0) is 31.2 Å². The standard InChI is InChI=1S/C15H19Cl2N3O/c1-18-11-19-20(2)10-15(21,14(17)7-8-14)9-12-5-3-4-6-13(12)16/h3-6,11,21H,1,7-10H2,2H3/b19-11-. The van der Waals surface area contributed by atoms with Crippen molar-refractivity contribution in [2.75, 3.05) is 13.6 Å². The number of benzene rings is 1. The van der Waals surface area contributed by atoms with Gasteiger partial charge in [0.2, 0.25) is 0 Å². The summed E-state index contributed by atoms with van der Waals surface area (Å²) in [6.45, 7) is 3.64. The molecule has 1 aromatic carbocycles. The molecule has 2 rings (SSSR count). The van der Waals surface area contributed by atoms with Crippen molar-refractivity contribution in [3.63, 3.8) is 0 Å². The molecule has 0 bridgehead atoms. The number of aliphatic hydroxyl groups is 1. The van der Waals surface area contributed by atoms with Gasteiger partial charge in [-0.1, -0.05) is 29.8 Å². The second-order valence-corrected chi connectivity index (χ2v) is 6.63. The molecular formula is C15H19Cl2N3O. The second kappa shape index (κ2) is 6.34. The minimum absolute atomic E-state index is 0.299. The highest BCUT2D eigenvalue weighted by Gasteiger charge is 2.58. The van der Waals surface area contributed by atoms with Crippen LogP contribution in [0, 0.1) is 0 Å². The van der Waals surface area contributed by atoms with Crippen LogP contribution in [-0.2, 0) is 6.42 Å². The topological polar surface area (TPSA) is 48.2 Å². The van der Waals surface area contributed by atoms with Crippen molar-refractivity contribution >= 4 is 36.3 Å². The molecule has 1 atom stereocenters. The Balaban J connectivity index is 2.20. The summed E-state index contributed by atoms with van der Waals surface area (Å²) < 4.78 is 0. The van der Waals surface area contributed by atoms with Crippen molar-refractivity contribution in [1.82, 2.24) is 5.01 Å². The van der Waals surface area contributed by atoms with E-state index in [0.29, 0.717) is 18.0 Å². The van der Waals surface area contributed by atoms with Crippen molar-refractivity contribution in [3.05, 3.63) is 34.9 Å². The monoisotopic (exact) mass is 327 g/mol. The maximum Gasteiger partial charge on any atom is 0.134 e. The van der Waals surface area contributed by atoms with Crippen LogP contribution in [0.1, 0.15) is 18.4 Å². The van der Waals surface area contributed by atoms with Gasteiger partial charge in [0.25, 0.3) is 0 Å². The van der Waals surface area contributed by atoms with E-state index in [2.05, 4.69) is 16.8 Å². The molecule has 1 saturated carbocycles. The molecule has 21 heavy (non-hydrogen) atoms. The van der Waals surface area contributed by atoms with Crippen LogP contribution in [0.4, 0.5) is 0 Å². The SMILES string of the molecule is C=N/C=N\N(C)CC(O)(Cc1ccccc1Cl)C1(Cl)CC1. The molecule has 6 heteroatoms. The van der Waals surface area contributed by atoms with Crippen LogP contribution >= 0.6 is 23.2 Å². The van der Waals surface area contributed by atoms with Crippen LogP contribution in [0.15, 0.2) is 34.4 Å². The number of likely N-dealkylation sites (N-methyl/N-ethyl adjacent to an activating group) is 1. The van der Waals surface area contributed by atoms with Crippen molar-refractivity contribution in [2.45, 2.75) is 29.7 Å². The van der Waals surface area contributed by atoms with Gasteiger partial charge in [-0.3, -0.25) is 10.0 Å². The van der Waals surface area contributed by atoms with Crippen LogP contribution in [0.3, 0.4) is 0 Å². The number of nitrogens with zero attached hydrogens (tertiary/aromatic N) is 3. The fourth-order valence-electron chi connectivity index (χ4n) is 2.43. The summed E-state index contributed by atoms with van der Waals surface area (Å²) in [6, 6.07) is 7.49. The Labute approximate surface area is 135 Å². The predicted octanol–water partition coefficient (Wildman–Crippen LogP) is 2.96. The van der Waals surface area contributed by atoms with Gasteiger partial charge in [0.1, 0.15) is 11.9 Å². The van der Waals surface area contributed by atoms with E-state index >= 15 is 0 Å². The molecule has 1 aliphatic rings. The molecule has 0 amide bonds. The average molecular weight is 328 g/mol. The zero-order valence-corrected chi connectivity index (χ0v) is 13.5. The lowest BCUT2D eigenvalue weighted by Crippen LogP contribution is -2.50. The van der Waals surface area contributed by atoms with Crippen LogP contribution in [-0.4, -0.2) is 47.2 Å². The van der Waals surface area contributed by atoms with E-state index in [1.165, 1.54) is 6.34 Å². The van der Waals surface area contributed by atoms with Crippen LogP contribution in [0.2, 0.25) is 5.02 Å². The minimum atomic E-state index is -1.10. The smallest absolute Gasteiger partial charge is 0.134 e. The van der Waals surface area contributed by atoms with Gasteiger partial charge in [0, 0.05) is 18.5 Å². The Bertz CT molecular complexity index is 545. The Kier molecular flexibility index (Phi) is 4.91. The van der Waals surface area contributed by atoms with Crippen LogP contribution in [0.25, 0.3) is 0 Å². The van der Waals surface area contributed by atoms with Gasteiger partial charge in [0.15, 0.2) is 0 Å². The molecule has 1 aliphatic carbocycles. The van der Waals surface area contributed by atoms with Gasteiger partial charge in [-0.25, -0.2) is 0 Å². The molecule has 0 saturated heterocycles. The fraction of sp³-hybridized carbons (Fsp3) is 0.467. The summed E-state index contributed by atoms with van der Waals surface area (Å²) in [5.41, 5.74) is -0.222. The molecule has 0 radical (unpaired) electrons. The van der Waals surface area contributed by atoms with E-state index in [1.807, 2.05) is 24.3 Å². The normalized spacial score (nSPS) is 19.2. The molecule has 1 N–H and O–H groups in total. The lowest BCUT2D eigenvalue weighted by atomic mass is 9.88. The molecule has 0 heterocycles. The first-order valence-corrected chi connectivity index (χ1v) is 7.50. The van der Waals surface area contributed by atoms with Crippen molar-refractivity contribution in [2.24, 2.45) is 10.1 Å². The van der Waals surface area contributed by atoms with Crippen LogP contribution < -0.4 is 0 Å². The highest BCUT2D eigenvalue weighted by molar-refractivity contribution is 6.31. The van der Waals surface area contributed by atoms with Gasteiger partial charge in [0.05, 0.1) is 11.4 Å². The summed E-state index contributed by atoms with van der Waals surface area (Å²) in [4.78, 5) is 2.95. The van der Waals surface area contributed by atoms with Gasteiger partial charge >= 0.3 is 0 Å². The highest BCUT2D eigenvalue weighted by atomic mass is 35.5. The summed E-state index contributed by atoms with van der Waals surface area (Å²) in [5, 5.41) is 17.4. The molecule has 1 unspecified atom stereocenters. The number of hydrogen-bond donors (Lipinski definition) is 1. The number of hydrazone groups is 1. The predicted molar refractivity (Wildman–Crippen MR) is 88.6 cm³/mol. The Morgan fingerprint density at radius 3 is 2.71 bits per heavy atom. The number of hydrogen-bond acceptors (Lipinski definition) is 3. The summed E-state index contributed by atoms with van der Waals surface area (Å²) in [6.07, 6.45) is 3.29. The van der Waals surface area contributed by atoms with Crippen molar-refractivity contribution in [3.8, 4) is 0 Å². The van der Waals surface area contributed by atoms with Gasteiger partial charge < -0.3 is 5.11 Å². The zero-order valence-electron chi connectivity index (χ0n) is 12.0. The Morgan fingerprint density at radius 2 is 2.14 bits per heavy atom. The molecular weight excluding hydrogens is 309 g/mol. The molecule has 4 nitrogen and oxygen atoms in total. The molecule has 0 aliphatic heterocycles. The third kappa shape index (κ3) is 3.76. The molecule has 1 aromatic rings. The largest absolute Gasteiger partial charge is 0.386 e. The molecule has 0 spiro atoms. The number of alkyl halides is 1. The number of aliphatic imine (C=N–C) groups is 1. The first kappa shape index (κ1) is 16.3. The van der Waals surface area contributed by atoms with E-state index < -0.39 is 10.5 Å². The Hall–Kier alpha value is -1.10. The molecule has 114 valence electrons. The second-order valence-electron chi connectivity index (χ2n) is 5.49. The van der Waals surface area contributed by atoms with Crippen molar-refractivity contribution < 1.29 is 5.11 Å². The maximum atomic E-state index is 11.1. The van der Waals surface area contributed by atoms with Crippen LogP contribution in [0.5, 0.6) is 0 Å². The first-order valence-electron chi connectivity index (χ1n) is 6.74. The third-order valence-electron chi connectivity index (χ3n) is 3.78. The van der Waals surface area contributed by atoms with E-state index in [0.717, 1.165) is 18.4 Å². The summed E-state index contributed by atoms with van der Waals surface area (Å²) in [5.74, 6) is 0. The van der Waals surface area contributed by atoms with E-state index in [9.17, 15) is 5.11 Å². The van der Waals surface area contributed by atoms with Gasteiger partial charge in [-0.2, -0.15) is 5.10 Å². The first-order chi connectivity index (χ1) is 9.90. The average Bonchev–Trinajstić information content (AvgIpc) is 3.19. The zero-order chi connectivity index (χ0) is 15.5. The molecule has 0 aromatic heterocycles. The Morgan fingerprint density at radius 1 is 1.48 bits per heavy atom. The van der Waals surface area contributed by atoms with E-state index in [1.54, 1.807) is 12.1 Å². The summed E-state index contributed by atoms with van der Waals surface area (Å²) >= 11 is 12.7. The van der Waals surface area contributed by atoms with Gasteiger partial charge in [-0.15, -0.1) is 11.6 Å². The summed E-state index contributed by atoms with van der Waals surface area (Å²) in [7, 11) is 1.77. The lowest BCUT2D eigenvalue weighted by molar-refractivity contribution is -0.0000114. The highest BCUT2D eigenvalue weighted by Crippen LogP contribution is 2.52. The molecule has 1 fully saturated rings. The van der Waals surface area contributed by atoms with E-state index in [4.69, 9.17) is 23.2 Å². The lowest BCUT2D eigenvalue weighted by Gasteiger charge is -2.35. The number of rotatable bonds is 7. The van der Waals surface area contributed by atoms with E-state index in [-0.39, 0.29) is 0 Å². The quantitative estimate of drug-likeness (QED) is 0.362. The van der Waals surface area contributed by atoms with Crippen molar-refractivity contribution in [1.29, 1.82) is 0 Å². The number of halogens is 2. The fourth-order valence-corrected chi connectivity index (χ4v) is 2.86. The minimum Gasteiger partial charge on any atom is -0.386 e. The third-order valence-corrected chi connectivity index (χ3v) is 4.88.